The van der Waals surface area contributed by atoms with E-state index in [1.807, 2.05) is 12.1 Å². The molecule has 1 aliphatic heterocycles. The van der Waals surface area contributed by atoms with Crippen molar-refractivity contribution in [3.8, 4) is 11.1 Å². The van der Waals surface area contributed by atoms with E-state index in [-0.39, 0.29) is 6.04 Å². The van der Waals surface area contributed by atoms with Crippen molar-refractivity contribution in [2.24, 2.45) is 0 Å². The summed E-state index contributed by atoms with van der Waals surface area (Å²) < 4.78 is 2.11. The summed E-state index contributed by atoms with van der Waals surface area (Å²) in [4.78, 5) is 0. The molecule has 1 aromatic heterocycles. The Morgan fingerprint density at radius 1 is 0.750 bits per heavy atom. The van der Waals surface area contributed by atoms with E-state index in [9.17, 15) is 0 Å². The second-order valence-electron chi connectivity index (χ2n) is 7.05. The van der Waals surface area contributed by atoms with Gasteiger partial charge in [0.05, 0.1) is 11.7 Å². The topological polar surface area (TPSA) is 29.9 Å². The molecular formula is C25H21N3. The molecule has 3 nitrogen and oxygen atoms in total. The zero-order valence-electron chi connectivity index (χ0n) is 15.7. The number of hydrogen-bond acceptors (Lipinski definition) is 2. The summed E-state index contributed by atoms with van der Waals surface area (Å²) in [6, 6.07) is 31.6. The highest BCUT2D eigenvalue weighted by Crippen LogP contribution is 2.40. The van der Waals surface area contributed by atoms with Gasteiger partial charge < -0.3 is 5.32 Å². The summed E-state index contributed by atoms with van der Waals surface area (Å²) in [5, 5.41) is 8.59. The summed E-state index contributed by atoms with van der Waals surface area (Å²) in [7, 11) is 0. The molecule has 0 aliphatic carbocycles. The Bertz CT molecular complexity index is 1130. The normalized spacial score (nSPS) is 15.5. The number of nitrogens with one attached hydrogen (secondary N) is 1. The zero-order valence-corrected chi connectivity index (χ0v) is 15.7. The van der Waals surface area contributed by atoms with Crippen LogP contribution in [0.5, 0.6) is 0 Å². The van der Waals surface area contributed by atoms with Gasteiger partial charge in [-0.05, 0) is 29.7 Å². The van der Waals surface area contributed by atoms with E-state index < -0.39 is 0 Å². The standard InChI is InChI=1S/C25H21N3/c1-18-24(21-15-9-4-10-16-21)25-26-22(19-11-5-2-6-12-19)17-23(28(25)27-18)20-13-7-3-8-14-20/h2-17,23,26H,1H3. The lowest BCUT2D eigenvalue weighted by molar-refractivity contribution is 0.608. The Hall–Kier alpha value is -3.59. The van der Waals surface area contributed by atoms with Crippen LogP contribution in [0.1, 0.15) is 22.9 Å². The molecule has 1 atom stereocenters. The van der Waals surface area contributed by atoms with E-state index in [0.29, 0.717) is 0 Å². The molecule has 0 bridgehead atoms. The summed E-state index contributed by atoms with van der Waals surface area (Å²) >= 11 is 0. The lowest BCUT2D eigenvalue weighted by Gasteiger charge is -2.26. The summed E-state index contributed by atoms with van der Waals surface area (Å²) in [5.74, 6) is 1.04. The monoisotopic (exact) mass is 363 g/mol. The van der Waals surface area contributed by atoms with Crippen molar-refractivity contribution >= 4 is 11.5 Å². The van der Waals surface area contributed by atoms with Crippen LogP contribution >= 0.6 is 0 Å². The first-order valence-electron chi connectivity index (χ1n) is 9.55. The van der Waals surface area contributed by atoms with Gasteiger partial charge in [-0.3, -0.25) is 0 Å². The molecule has 0 saturated carbocycles. The van der Waals surface area contributed by atoms with Crippen LogP contribution in [0, 0.1) is 6.92 Å². The molecule has 2 heterocycles. The van der Waals surface area contributed by atoms with Gasteiger partial charge in [-0.25, -0.2) is 4.68 Å². The number of allylic oxidation sites excluding steroid dienone is 1. The predicted octanol–water partition coefficient (Wildman–Crippen LogP) is 5.91. The molecule has 0 radical (unpaired) electrons. The van der Waals surface area contributed by atoms with Gasteiger partial charge >= 0.3 is 0 Å². The first kappa shape index (κ1) is 16.6. The highest BCUT2D eigenvalue weighted by Gasteiger charge is 2.27. The first-order valence-corrected chi connectivity index (χ1v) is 9.55. The van der Waals surface area contributed by atoms with Crippen LogP contribution in [-0.2, 0) is 0 Å². The number of aryl methyl sites for hydroxylation is 1. The van der Waals surface area contributed by atoms with Crippen LogP contribution in [-0.4, -0.2) is 9.78 Å². The second-order valence-corrected chi connectivity index (χ2v) is 7.05. The minimum absolute atomic E-state index is 0.0452. The minimum atomic E-state index is 0.0452. The molecule has 0 spiro atoms. The third kappa shape index (κ3) is 2.81. The SMILES string of the molecule is Cc1nn2c(c1-c1ccccc1)NC(c1ccccc1)=CC2c1ccccc1. The Labute approximate surface area is 165 Å². The molecule has 0 amide bonds. The Morgan fingerprint density at radius 3 is 1.96 bits per heavy atom. The third-order valence-corrected chi connectivity index (χ3v) is 5.21. The number of hydrogen-bond donors (Lipinski definition) is 1. The maximum absolute atomic E-state index is 4.92. The number of rotatable bonds is 3. The first-order chi connectivity index (χ1) is 13.8. The lowest BCUT2D eigenvalue weighted by atomic mass is 10.00. The van der Waals surface area contributed by atoms with E-state index in [1.165, 1.54) is 16.7 Å². The van der Waals surface area contributed by atoms with Gasteiger partial charge in [0.25, 0.3) is 0 Å². The Balaban J connectivity index is 1.71. The van der Waals surface area contributed by atoms with E-state index in [4.69, 9.17) is 5.10 Å². The molecule has 1 aliphatic rings. The highest BCUT2D eigenvalue weighted by molar-refractivity contribution is 5.87. The summed E-state index contributed by atoms with van der Waals surface area (Å²) in [5.41, 5.74) is 6.86. The maximum Gasteiger partial charge on any atom is 0.138 e. The van der Waals surface area contributed by atoms with Crippen molar-refractivity contribution in [2.45, 2.75) is 13.0 Å². The van der Waals surface area contributed by atoms with Crippen molar-refractivity contribution in [1.82, 2.24) is 9.78 Å². The highest BCUT2D eigenvalue weighted by atomic mass is 15.4. The van der Waals surface area contributed by atoms with Crippen LogP contribution in [0.2, 0.25) is 0 Å². The molecule has 28 heavy (non-hydrogen) atoms. The number of benzene rings is 3. The molecule has 1 unspecified atom stereocenters. The number of nitrogens with zero attached hydrogens (tertiary/aromatic N) is 2. The van der Waals surface area contributed by atoms with Crippen LogP contribution in [0.15, 0.2) is 97.1 Å². The third-order valence-electron chi connectivity index (χ3n) is 5.21. The maximum atomic E-state index is 4.92. The van der Waals surface area contributed by atoms with Crippen LogP contribution in [0.25, 0.3) is 16.8 Å². The zero-order chi connectivity index (χ0) is 18.9. The summed E-state index contributed by atoms with van der Waals surface area (Å²) in [6.07, 6.45) is 2.26. The van der Waals surface area contributed by atoms with Gasteiger partial charge in [-0.15, -0.1) is 0 Å². The molecule has 4 aromatic rings. The fourth-order valence-corrected chi connectivity index (χ4v) is 3.89. The van der Waals surface area contributed by atoms with Crippen molar-refractivity contribution < 1.29 is 0 Å². The van der Waals surface area contributed by atoms with E-state index in [1.54, 1.807) is 0 Å². The smallest absolute Gasteiger partial charge is 0.138 e. The average Bonchev–Trinajstić information content (AvgIpc) is 3.10. The predicted molar refractivity (Wildman–Crippen MR) is 115 cm³/mol. The molecule has 136 valence electrons. The van der Waals surface area contributed by atoms with Gasteiger partial charge in [0, 0.05) is 11.3 Å². The molecule has 0 saturated heterocycles. The van der Waals surface area contributed by atoms with Gasteiger partial charge in [-0.1, -0.05) is 91.0 Å². The largest absolute Gasteiger partial charge is 0.340 e. The summed E-state index contributed by atoms with van der Waals surface area (Å²) in [6.45, 7) is 2.08. The van der Waals surface area contributed by atoms with Crippen molar-refractivity contribution in [3.05, 3.63) is 114 Å². The Morgan fingerprint density at radius 2 is 1.32 bits per heavy atom. The molecule has 1 N–H and O–H groups in total. The molecule has 5 rings (SSSR count). The van der Waals surface area contributed by atoms with Gasteiger partial charge in [0.1, 0.15) is 5.82 Å². The van der Waals surface area contributed by atoms with Gasteiger partial charge in [-0.2, -0.15) is 5.10 Å². The van der Waals surface area contributed by atoms with Crippen LogP contribution in [0.3, 0.4) is 0 Å². The number of anilines is 1. The van der Waals surface area contributed by atoms with E-state index in [0.717, 1.165) is 22.8 Å². The van der Waals surface area contributed by atoms with E-state index in [2.05, 4.69) is 102 Å². The number of aromatic nitrogens is 2. The molecule has 3 heteroatoms. The van der Waals surface area contributed by atoms with Crippen molar-refractivity contribution in [2.75, 3.05) is 5.32 Å². The Kier molecular flexibility index (Phi) is 4.06. The molecule has 0 fully saturated rings. The minimum Gasteiger partial charge on any atom is -0.340 e. The molecular weight excluding hydrogens is 342 g/mol. The average molecular weight is 363 g/mol. The fraction of sp³-hybridized carbons (Fsp3) is 0.0800. The van der Waals surface area contributed by atoms with Crippen LogP contribution in [0.4, 0.5) is 5.82 Å². The van der Waals surface area contributed by atoms with Crippen molar-refractivity contribution in [3.63, 3.8) is 0 Å². The van der Waals surface area contributed by atoms with Crippen LogP contribution < -0.4 is 5.32 Å². The van der Waals surface area contributed by atoms with Crippen molar-refractivity contribution in [1.29, 1.82) is 0 Å². The quantitative estimate of drug-likeness (QED) is 0.490. The van der Waals surface area contributed by atoms with Gasteiger partial charge in [0.2, 0.25) is 0 Å². The second kappa shape index (κ2) is 6.86. The molecule has 3 aromatic carbocycles. The number of fused-ring (bicyclic) bond motifs is 1. The van der Waals surface area contributed by atoms with E-state index >= 15 is 0 Å². The lowest BCUT2D eigenvalue weighted by Crippen LogP contribution is -2.20. The van der Waals surface area contributed by atoms with Gasteiger partial charge in [0.15, 0.2) is 0 Å². The fourth-order valence-electron chi connectivity index (χ4n) is 3.89.